The van der Waals surface area contributed by atoms with Gasteiger partial charge < -0.3 is 15.2 Å². The van der Waals surface area contributed by atoms with Crippen LogP contribution >= 0.6 is 0 Å². The van der Waals surface area contributed by atoms with Gasteiger partial charge in [0.25, 0.3) is 0 Å². The van der Waals surface area contributed by atoms with Crippen LogP contribution in [0.3, 0.4) is 0 Å². The van der Waals surface area contributed by atoms with E-state index in [1.807, 2.05) is 30.3 Å². The van der Waals surface area contributed by atoms with Crippen molar-refractivity contribution < 1.29 is 24.2 Å². The molecular formula is C22H27NO5. The van der Waals surface area contributed by atoms with Crippen molar-refractivity contribution in [2.24, 2.45) is 23.2 Å². The number of amides is 1. The number of rotatable bonds is 7. The molecule has 0 aromatic heterocycles. The smallest absolute Gasteiger partial charge is 0.326 e. The molecule has 28 heavy (non-hydrogen) atoms. The maximum Gasteiger partial charge on any atom is 0.326 e. The van der Waals surface area contributed by atoms with Gasteiger partial charge in [-0.3, -0.25) is 9.59 Å². The minimum atomic E-state index is -1.25. The highest BCUT2D eigenvalue weighted by atomic mass is 16.5. The third-order valence-electron chi connectivity index (χ3n) is 6.74. The summed E-state index contributed by atoms with van der Waals surface area (Å²) in [6, 6.07) is 7.96. The quantitative estimate of drug-likeness (QED) is 0.704. The number of carboxylic acid groups (broad SMARTS) is 1. The van der Waals surface area contributed by atoms with Crippen molar-refractivity contribution in [2.45, 2.75) is 57.6 Å². The average molecular weight is 385 g/mol. The molecule has 1 amide bonds. The Morgan fingerprint density at radius 2 is 1.61 bits per heavy atom. The van der Waals surface area contributed by atoms with Gasteiger partial charge in [-0.25, -0.2) is 4.79 Å². The van der Waals surface area contributed by atoms with E-state index in [1.54, 1.807) is 0 Å². The molecule has 6 heteroatoms. The summed E-state index contributed by atoms with van der Waals surface area (Å²) in [5.41, 5.74) is 0.400. The van der Waals surface area contributed by atoms with Gasteiger partial charge in [-0.1, -0.05) is 30.3 Å². The number of esters is 1. The maximum absolute atomic E-state index is 13.0. The van der Waals surface area contributed by atoms with E-state index >= 15 is 0 Å². The highest BCUT2D eigenvalue weighted by Gasteiger charge is 2.55. The summed E-state index contributed by atoms with van der Waals surface area (Å²) < 4.78 is 5.19. The van der Waals surface area contributed by atoms with E-state index in [9.17, 15) is 19.5 Å². The van der Waals surface area contributed by atoms with E-state index in [2.05, 4.69) is 5.32 Å². The maximum atomic E-state index is 13.0. The number of hydrogen-bond acceptors (Lipinski definition) is 4. The third kappa shape index (κ3) is 3.91. The fourth-order valence-electron chi connectivity index (χ4n) is 5.86. The van der Waals surface area contributed by atoms with Crippen molar-refractivity contribution in [3.05, 3.63) is 35.9 Å². The molecule has 1 aromatic rings. The fraction of sp³-hybridized carbons (Fsp3) is 0.591. The van der Waals surface area contributed by atoms with Crippen LogP contribution in [0.15, 0.2) is 30.3 Å². The van der Waals surface area contributed by atoms with E-state index in [0.717, 1.165) is 24.8 Å². The molecule has 4 saturated carbocycles. The fourth-order valence-corrected chi connectivity index (χ4v) is 5.86. The highest BCUT2D eigenvalue weighted by molar-refractivity contribution is 5.90. The van der Waals surface area contributed by atoms with Crippen LogP contribution in [0.1, 0.15) is 50.5 Å². The second-order valence-corrected chi connectivity index (χ2v) is 8.91. The van der Waals surface area contributed by atoms with Crippen molar-refractivity contribution in [1.82, 2.24) is 5.32 Å². The van der Waals surface area contributed by atoms with Crippen LogP contribution in [-0.2, 0) is 25.7 Å². The van der Waals surface area contributed by atoms with E-state index in [0.29, 0.717) is 17.8 Å². The summed E-state index contributed by atoms with van der Waals surface area (Å²) in [5, 5.41) is 12.2. The predicted octanol–water partition coefficient (Wildman–Crippen LogP) is 2.91. The summed E-state index contributed by atoms with van der Waals surface area (Å²) in [7, 11) is 0. The van der Waals surface area contributed by atoms with E-state index in [1.165, 1.54) is 19.3 Å². The zero-order valence-corrected chi connectivity index (χ0v) is 15.9. The monoisotopic (exact) mass is 385 g/mol. The Bertz CT molecular complexity index is 724. The lowest BCUT2D eigenvalue weighted by molar-refractivity contribution is -0.155. The van der Waals surface area contributed by atoms with Crippen LogP contribution in [-0.4, -0.2) is 29.0 Å². The van der Waals surface area contributed by atoms with Gasteiger partial charge in [0.2, 0.25) is 5.91 Å². The molecule has 0 aliphatic heterocycles. The molecule has 0 unspecified atom stereocenters. The molecule has 4 aliphatic carbocycles. The zero-order valence-electron chi connectivity index (χ0n) is 15.9. The number of nitrogens with one attached hydrogen (secondary N) is 1. The highest BCUT2D eigenvalue weighted by Crippen LogP contribution is 2.60. The van der Waals surface area contributed by atoms with Gasteiger partial charge in [0.1, 0.15) is 12.6 Å². The van der Waals surface area contributed by atoms with E-state index < -0.39 is 23.4 Å². The summed E-state index contributed by atoms with van der Waals surface area (Å²) >= 11 is 0. The molecule has 0 heterocycles. The first-order chi connectivity index (χ1) is 13.4. The average Bonchev–Trinajstić information content (AvgIpc) is 2.65. The molecule has 1 atom stereocenters. The number of carbonyl (C=O) groups is 3. The Labute approximate surface area is 164 Å². The number of carbonyl (C=O) groups excluding carboxylic acids is 2. The topological polar surface area (TPSA) is 92.7 Å². The second-order valence-electron chi connectivity index (χ2n) is 8.91. The largest absolute Gasteiger partial charge is 0.480 e. The molecule has 5 rings (SSSR count). The molecule has 4 bridgehead atoms. The van der Waals surface area contributed by atoms with Gasteiger partial charge in [-0.2, -0.15) is 0 Å². The molecule has 6 nitrogen and oxygen atoms in total. The van der Waals surface area contributed by atoms with Gasteiger partial charge in [0.15, 0.2) is 0 Å². The predicted molar refractivity (Wildman–Crippen MR) is 101 cm³/mol. The van der Waals surface area contributed by atoms with Crippen molar-refractivity contribution in [2.75, 3.05) is 0 Å². The summed E-state index contributed by atoms with van der Waals surface area (Å²) in [5.74, 6) is -0.227. The molecule has 4 aliphatic rings. The van der Waals surface area contributed by atoms with Gasteiger partial charge in [0, 0.05) is 5.41 Å². The summed E-state index contributed by atoms with van der Waals surface area (Å²) in [6.45, 7) is 0.0922. The van der Waals surface area contributed by atoms with Crippen LogP contribution in [0.5, 0.6) is 0 Å². The Morgan fingerprint density at radius 1 is 1.04 bits per heavy atom. The number of hydrogen-bond donors (Lipinski definition) is 2. The lowest BCUT2D eigenvalue weighted by atomic mass is 9.49. The second kappa shape index (κ2) is 7.57. The Hall–Kier alpha value is -2.37. The molecule has 0 spiro atoms. The van der Waals surface area contributed by atoms with E-state index in [4.69, 9.17) is 4.74 Å². The lowest BCUT2D eigenvalue weighted by Crippen LogP contribution is -2.56. The Morgan fingerprint density at radius 3 is 2.14 bits per heavy atom. The van der Waals surface area contributed by atoms with Crippen LogP contribution < -0.4 is 5.32 Å². The Kier molecular flexibility index (Phi) is 5.13. The number of ether oxygens (including phenoxy) is 1. The molecule has 4 fully saturated rings. The minimum absolute atomic E-state index is 0.0922. The first-order valence-electron chi connectivity index (χ1n) is 10.2. The molecular weight excluding hydrogens is 358 g/mol. The third-order valence-corrected chi connectivity index (χ3v) is 6.74. The minimum Gasteiger partial charge on any atom is -0.480 e. The molecule has 150 valence electrons. The normalized spacial score (nSPS) is 31.2. The summed E-state index contributed by atoms with van der Waals surface area (Å²) in [4.78, 5) is 36.8. The first-order valence-corrected chi connectivity index (χ1v) is 10.2. The number of benzene rings is 1. The van der Waals surface area contributed by atoms with Crippen LogP contribution in [0.25, 0.3) is 0 Å². The standard InChI is InChI=1S/C22H27NO5/c24-19(28-13-14-4-2-1-3-5-14)9-18(20(25)26)23-21(27)22-10-15-6-16(11-22)8-17(7-15)12-22/h1-5,15-18H,6-13H2,(H,23,27)(H,25,26)/t15?,16?,17?,18-,22?/m0/s1. The van der Waals surface area contributed by atoms with Gasteiger partial charge in [-0.15, -0.1) is 0 Å². The first kappa shape index (κ1) is 19.0. The van der Waals surface area contributed by atoms with Crippen LogP contribution in [0.2, 0.25) is 0 Å². The van der Waals surface area contributed by atoms with Crippen LogP contribution in [0.4, 0.5) is 0 Å². The number of carboxylic acids is 1. The molecule has 0 saturated heterocycles. The van der Waals surface area contributed by atoms with Gasteiger partial charge in [0.05, 0.1) is 6.42 Å². The van der Waals surface area contributed by atoms with E-state index in [-0.39, 0.29) is 18.9 Å². The van der Waals surface area contributed by atoms with Crippen molar-refractivity contribution in [3.8, 4) is 0 Å². The van der Waals surface area contributed by atoms with Gasteiger partial charge in [-0.05, 0) is 61.8 Å². The molecule has 1 aromatic carbocycles. The zero-order chi connectivity index (χ0) is 19.7. The van der Waals surface area contributed by atoms with Crippen LogP contribution in [0, 0.1) is 23.2 Å². The van der Waals surface area contributed by atoms with Crippen molar-refractivity contribution >= 4 is 17.8 Å². The van der Waals surface area contributed by atoms with Gasteiger partial charge >= 0.3 is 11.9 Å². The Balaban J connectivity index is 1.35. The molecule has 0 radical (unpaired) electrons. The number of aliphatic carboxylic acids is 1. The van der Waals surface area contributed by atoms with Crippen molar-refractivity contribution in [1.29, 1.82) is 0 Å². The lowest BCUT2D eigenvalue weighted by Gasteiger charge is -2.55. The summed E-state index contributed by atoms with van der Waals surface area (Å²) in [6.07, 6.45) is 5.84. The SMILES string of the molecule is O=C(C[C@H](NC(=O)C12CC3CC(CC(C3)C1)C2)C(=O)O)OCc1ccccc1. The molecule has 2 N–H and O–H groups in total. The van der Waals surface area contributed by atoms with Crippen molar-refractivity contribution in [3.63, 3.8) is 0 Å².